The number of aryl methyl sites for hydroxylation is 1. The van der Waals surface area contributed by atoms with Gasteiger partial charge in [-0.1, -0.05) is 36.8 Å². The van der Waals surface area contributed by atoms with Crippen molar-refractivity contribution in [3.63, 3.8) is 0 Å². The van der Waals surface area contributed by atoms with E-state index in [2.05, 4.69) is 49.1 Å². The third-order valence-electron chi connectivity index (χ3n) is 4.13. The fourth-order valence-corrected chi connectivity index (χ4v) is 2.84. The summed E-state index contributed by atoms with van der Waals surface area (Å²) < 4.78 is 6.21. The first-order valence-electron chi connectivity index (χ1n) is 7.70. The van der Waals surface area contributed by atoms with Crippen molar-refractivity contribution in [2.45, 2.75) is 32.6 Å². The van der Waals surface area contributed by atoms with Crippen molar-refractivity contribution in [1.82, 2.24) is 0 Å². The molecule has 0 amide bonds. The van der Waals surface area contributed by atoms with Gasteiger partial charge in [0.15, 0.2) is 6.23 Å². The molecule has 0 aliphatic carbocycles. The minimum Gasteiger partial charge on any atom is -0.349 e. The highest BCUT2D eigenvalue weighted by Gasteiger charge is 2.33. The Labute approximate surface area is 131 Å². The molecule has 112 valence electrons. The molecule has 2 atom stereocenters. The molecular formula is C19H20N2O. The first-order chi connectivity index (χ1) is 10.7. The van der Waals surface area contributed by atoms with Gasteiger partial charge in [-0.2, -0.15) is 5.26 Å². The molecule has 1 saturated heterocycles. The zero-order chi connectivity index (χ0) is 15.5. The molecule has 22 heavy (non-hydrogen) atoms. The van der Waals surface area contributed by atoms with E-state index in [9.17, 15) is 0 Å². The zero-order valence-corrected chi connectivity index (χ0v) is 13.0. The van der Waals surface area contributed by atoms with Crippen molar-refractivity contribution in [3.8, 4) is 6.07 Å². The van der Waals surface area contributed by atoms with E-state index in [0.717, 1.165) is 24.2 Å². The van der Waals surface area contributed by atoms with E-state index in [0.29, 0.717) is 5.56 Å². The van der Waals surface area contributed by atoms with Crippen molar-refractivity contribution in [2.24, 2.45) is 0 Å². The summed E-state index contributed by atoms with van der Waals surface area (Å²) in [5, 5.41) is 9.11. The maximum absolute atomic E-state index is 9.11. The van der Waals surface area contributed by atoms with E-state index < -0.39 is 0 Å². The van der Waals surface area contributed by atoms with Crippen molar-refractivity contribution >= 4 is 5.69 Å². The van der Waals surface area contributed by atoms with Crippen LogP contribution in [-0.2, 0) is 4.74 Å². The summed E-state index contributed by atoms with van der Waals surface area (Å²) in [6, 6.07) is 18.4. The minimum absolute atomic E-state index is 0.124. The second kappa shape index (κ2) is 6.21. The third-order valence-corrected chi connectivity index (χ3v) is 4.13. The smallest absolute Gasteiger partial charge is 0.157 e. The predicted molar refractivity (Wildman–Crippen MR) is 87.6 cm³/mol. The first-order valence-corrected chi connectivity index (χ1v) is 7.70. The van der Waals surface area contributed by atoms with Crippen LogP contribution < -0.4 is 4.90 Å². The molecule has 1 aliphatic heterocycles. The molecule has 0 saturated carbocycles. The van der Waals surface area contributed by atoms with Gasteiger partial charge >= 0.3 is 0 Å². The van der Waals surface area contributed by atoms with Crippen LogP contribution in [-0.4, -0.2) is 12.6 Å². The van der Waals surface area contributed by atoms with Crippen LogP contribution in [0.25, 0.3) is 0 Å². The van der Waals surface area contributed by atoms with Crippen LogP contribution in [0.4, 0.5) is 5.69 Å². The van der Waals surface area contributed by atoms with Crippen LogP contribution in [0.5, 0.6) is 0 Å². The van der Waals surface area contributed by atoms with Gasteiger partial charge < -0.3 is 9.64 Å². The summed E-state index contributed by atoms with van der Waals surface area (Å²) in [5.74, 6) is 0. The molecule has 1 fully saturated rings. The van der Waals surface area contributed by atoms with Crippen molar-refractivity contribution < 1.29 is 4.74 Å². The molecule has 1 aliphatic rings. The summed E-state index contributed by atoms with van der Waals surface area (Å²) >= 11 is 0. The Morgan fingerprint density at radius 2 is 2.00 bits per heavy atom. The third kappa shape index (κ3) is 2.84. The SMILES string of the molecule is CCC1CN(c2ccc(C)cc2)C(c2cccc(C#N)c2)O1. The molecule has 0 N–H and O–H groups in total. The average Bonchev–Trinajstić information content (AvgIpc) is 3.00. The van der Waals surface area contributed by atoms with E-state index in [1.807, 2.05) is 24.3 Å². The minimum atomic E-state index is -0.124. The first kappa shape index (κ1) is 14.6. The highest BCUT2D eigenvalue weighted by atomic mass is 16.5. The van der Waals surface area contributed by atoms with Gasteiger partial charge in [0.1, 0.15) is 0 Å². The topological polar surface area (TPSA) is 36.3 Å². The summed E-state index contributed by atoms with van der Waals surface area (Å²) in [6.45, 7) is 5.11. The Morgan fingerprint density at radius 3 is 2.68 bits per heavy atom. The Hall–Kier alpha value is -2.31. The molecule has 0 aromatic heterocycles. The van der Waals surface area contributed by atoms with Crippen molar-refractivity contribution in [2.75, 3.05) is 11.4 Å². The summed E-state index contributed by atoms with van der Waals surface area (Å²) in [4.78, 5) is 2.28. The number of ether oxygens (including phenoxy) is 1. The summed E-state index contributed by atoms with van der Waals surface area (Å²) in [6.07, 6.45) is 1.08. The molecule has 0 spiro atoms. The van der Waals surface area contributed by atoms with Crippen molar-refractivity contribution in [3.05, 3.63) is 65.2 Å². The molecule has 3 rings (SSSR count). The Balaban J connectivity index is 1.95. The second-order valence-electron chi connectivity index (χ2n) is 5.74. The lowest BCUT2D eigenvalue weighted by molar-refractivity contribution is 0.0462. The van der Waals surface area contributed by atoms with Crippen LogP contribution in [0.15, 0.2) is 48.5 Å². The van der Waals surface area contributed by atoms with Gasteiger partial charge in [-0.05, 0) is 37.6 Å². The van der Waals surface area contributed by atoms with Gasteiger partial charge in [-0.25, -0.2) is 0 Å². The molecule has 3 nitrogen and oxygen atoms in total. The van der Waals surface area contributed by atoms with Gasteiger partial charge in [0.2, 0.25) is 0 Å². The number of nitriles is 1. The highest BCUT2D eigenvalue weighted by Crippen LogP contribution is 2.35. The van der Waals surface area contributed by atoms with Gasteiger partial charge in [-0.15, -0.1) is 0 Å². The van der Waals surface area contributed by atoms with Gasteiger partial charge in [0.25, 0.3) is 0 Å². The van der Waals surface area contributed by atoms with Crippen molar-refractivity contribution in [1.29, 1.82) is 5.26 Å². The fraction of sp³-hybridized carbons (Fsp3) is 0.316. The lowest BCUT2D eigenvalue weighted by atomic mass is 10.1. The molecule has 2 aromatic rings. The fourth-order valence-electron chi connectivity index (χ4n) is 2.84. The Bertz CT molecular complexity index is 687. The van der Waals surface area contributed by atoms with Gasteiger partial charge in [0.05, 0.1) is 17.7 Å². The Kier molecular flexibility index (Phi) is 4.13. The van der Waals surface area contributed by atoms with E-state index in [1.165, 1.54) is 5.56 Å². The van der Waals surface area contributed by atoms with Crippen LogP contribution in [0.2, 0.25) is 0 Å². The molecular weight excluding hydrogens is 272 g/mol. The number of hydrogen-bond donors (Lipinski definition) is 0. The maximum atomic E-state index is 9.11. The number of hydrogen-bond acceptors (Lipinski definition) is 3. The maximum Gasteiger partial charge on any atom is 0.157 e. The van der Waals surface area contributed by atoms with E-state index in [4.69, 9.17) is 10.00 Å². The molecule has 0 radical (unpaired) electrons. The monoisotopic (exact) mass is 292 g/mol. The van der Waals surface area contributed by atoms with E-state index in [1.54, 1.807) is 0 Å². The number of anilines is 1. The lowest BCUT2D eigenvalue weighted by Gasteiger charge is -2.25. The largest absolute Gasteiger partial charge is 0.349 e. The van der Waals surface area contributed by atoms with E-state index in [-0.39, 0.29) is 12.3 Å². The normalized spacial score (nSPS) is 20.9. The number of rotatable bonds is 3. The van der Waals surface area contributed by atoms with Crippen LogP contribution in [0.1, 0.15) is 36.3 Å². The molecule has 0 bridgehead atoms. The van der Waals surface area contributed by atoms with Crippen LogP contribution >= 0.6 is 0 Å². The Morgan fingerprint density at radius 1 is 1.23 bits per heavy atom. The standard InChI is InChI=1S/C19H20N2O/c1-3-18-13-21(17-9-7-14(2)8-10-17)19(22-18)16-6-4-5-15(11-16)12-20/h4-11,18-19H,3,13H2,1-2H3. The van der Waals surface area contributed by atoms with Crippen LogP contribution in [0, 0.1) is 18.3 Å². The number of benzene rings is 2. The van der Waals surface area contributed by atoms with Gasteiger partial charge in [-0.3, -0.25) is 0 Å². The lowest BCUT2D eigenvalue weighted by Crippen LogP contribution is -2.24. The molecule has 3 heteroatoms. The quantitative estimate of drug-likeness (QED) is 0.851. The second-order valence-corrected chi connectivity index (χ2v) is 5.74. The molecule has 2 aromatic carbocycles. The molecule has 2 unspecified atom stereocenters. The number of nitrogens with zero attached hydrogens (tertiary/aromatic N) is 2. The molecule has 1 heterocycles. The average molecular weight is 292 g/mol. The summed E-state index contributed by atoms with van der Waals surface area (Å²) in [7, 11) is 0. The predicted octanol–water partition coefficient (Wildman–Crippen LogP) is 4.18. The summed E-state index contributed by atoms with van der Waals surface area (Å²) in [5.41, 5.74) is 4.12. The van der Waals surface area contributed by atoms with Crippen LogP contribution in [0.3, 0.4) is 0 Å². The van der Waals surface area contributed by atoms with E-state index >= 15 is 0 Å². The van der Waals surface area contributed by atoms with Gasteiger partial charge in [0, 0.05) is 17.8 Å². The zero-order valence-electron chi connectivity index (χ0n) is 13.0. The highest BCUT2D eigenvalue weighted by molar-refractivity contribution is 5.51.